The fourth-order valence-electron chi connectivity index (χ4n) is 2.76. The summed E-state index contributed by atoms with van der Waals surface area (Å²) in [5.74, 6) is 1.15. The number of nitrogens with zero attached hydrogens (tertiary/aromatic N) is 2. The number of benzene rings is 1. The molecular formula is C14H13N3O4. The van der Waals surface area contributed by atoms with Gasteiger partial charge in [0.2, 0.25) is 6.79 Å². The smallest absolute Gasteiger partial charge is 0.356 e. The Hall–Kier alpha value is -2.70. The van der Waals surface area contributed by atoms with Crippen molar-refractivity contribution in [3.63, 3.8) is 0 Å². The lowest BCUT2D eigenvalue weighted by atomic mass is 10.0. The van der Waals surface area contributed by atoms with Crippen molar-refractivity contribution in [3.8, 4) is 11.5 Å². The van der Waals surface area contributed by atoms with Crippen LogP contribution in [0.4, 0.5) is 5.82 Å². The van der Waals surface area contributed by atoms with Crippen LogP contribution >= 0.6 is 0 Å². The highest BCUT2D eigenvalue weighted by molar-refractivity contribution is 5.86. The van der Waals surface area contributed by atoms with E-state index in [2.05, 4.69) is 10.4 Å². The maximum absolute atomic E-state index is 11.1. The Balaban J connectivity index is 1.75. The van der Waals surface area contributed by atoms with Crippen molar-refractivity contribution in [3.05, 3.63) is 35.5 Å². The normalized spacial score (nSPS) is 19.0. The monoisotopic (exact) mass is 287 g/mol. The molecule has 1 atom stereocenters. The van der Waals surface area contributed by atoms with Crippen LogP contribution in [0.5, 0.6) is 11.5 Å². The third-order valence-corrected chi connectivity index (χ3v) is 3.76. The second kappa shape index (κ2) is 4.41. The molecule has 7 nitrogen and oxygen atoms in total. The van der Waals surface area contributed by atoms with Crippen molar-refractivity contribution >= 4 is 11.8 Å². The summed E-state index contributed by atoms with van der Waals surface area (Å²) in [5.41, 5.74) is 1.08. The number of anilines is 1. The fourth-order valence-corrected chi connectivity index (χ4v) is 2.76. The number of nitrogens with one attached hydrogen (secondary N) is 1. The summed E-state index contributed by atoms with van der Waals surface area (Å²) in [5, 5.41) is 16.4. The van der Waals surface area contributed by atoms with Crippen LogP contribution in [-0.4, -0.2) is 34.2 Å². The Labute approximate surface area is 120 Å². The molecule has 0 saturated carbocycles. The molecule has 0 amide bonds. The van der Waals surface area contributed by atoms with Crippen LogP contribution < -0.4 is 14.8 Å². The zero-order valence-electron chi connectivity index (χ0n) is 11.1. The van der Waals surface area contributed by atoms with Crippen LogP contribution in [-0.2, 0) is 0 Å². The minimum absolute atomic E-state index is 0.0103. The van der Waals surface area contributed by atoms with Gasteiger partial charge in [-0.2, -0.15) is 5.10 Å². The van der Waals surface area contributed by atoms with Crippen LogP contribution in [0, 0.1) is 0 Å². The van der Waals surface area contributed by atoms with Gasteiger partial charge in [0.25, 0.3) is 0 Å². The van der Waals surface area contributed by atoms with Crippen LogP contribution in [0.1, 0.15) is 28.5 Å². The Morgan fingerprint density at radius 3 is 3.05 bits per heavy atom. The molecule has 1 aromatic heterocycles. The molecule has 0 fully saturated rings. The number of rotatable bonds is 2. The molecule has 4 rings (SSSR count). The lowest BCUT2D eigenvalue weighted by Gasteiger charge is -2.26. The Morgan fingerprint density at radius 2 is 2.19 bits per heavy atom. The molecule has 2 aliphatic rings. The zero-order valence-corrected chi connectivity index (χ0v) is 11.1. The van der Waals surface area contributed by atoms with Gasteiger partial charge in [-0.3, -0.25) is 0 Å². The first-order valence-corrected chi connectivity index (χ1v) is 6.68. The molecule has 0 radical (unpaired) electrons. The van der Waals surface area contributed by atoms with E-state index in [4.69, 9.17) is 14.6 Å². The molecule has 7 heteroatoms. The molecule has 0 spiro atoms. The fraction of sp³-hybridized carbons (Fsp3) is 0.286. The van der Waals surface area contributed by atoms with Crippen LogP contribution in [0.25, 0.3) is 0 Å². The molecule has 1 aromatic carbocycles. The Morgan fingerprint density at radius 1 is 1.33 bits per heavy atom. The van der Waals surface area contributed by atoms with Gasteiger partial charge in [-0.15, -0.1) is 0 Å². The summed E-state index contributed by atoms with van der Waals surface area (Å²) in [6.45, 7) is 1.01. The quantitative estimate of drug-likeness (QED) is 0.874. The van der Waals surface area contributed by atoms with Gasteiger partial charge in [-0.05, 0) is 24.1 Å². The van der Waals surface area contributed by atoms with Crippen molar-refractivity contribution in [1.82, 2.24) is 9.78 Å². The summed E-state index contributed by atoms with van der Waals surface area (Å²) in [6.07, 6.45) is 0.827. The van der Waals surface area contributed by atoms with Crippen LogP contribution in [0.15, 0.2) is 24.3 Å². The third kappa shape index (κ3) is 1.89. The van der Waals surface area contributed by atoms with Gasteiger partial charge in [0.15, 0.2) is 17.2 Å². The lowest BCUT2D eigenvalue weighted by Crippen LogP contribution is -2.24. The predicted molar refractivity (Wildman–Crippen MR) is 73.0 cm³/mol. The van der Waals surface area contributed by atoms with E-state index in [0.717, 1.165) is 35.8 Å². The van der Waals surface area contributed by atoms with Gasteiger partial charge >= 0.3 is 5.97 Å². The molecule has 0 saturated heterocycles. The molecular weight excluding hydrogens is 274 g/mol. The highest BCUT2D eigenvalue weighted by atomic mass is 16.7. The molecule has 2 aromatic rings. The summed E-state index contributed by atoms with van der Waals surface area (Å²) >= 11 is 0. The second-order valence-corrected chi connectivity index (χ2v) is 5.01. The van der Waals surface area contributed by atoms with Crippen LogP contribution in [0.2, 0.25) is 0 Å². The molecule has 0 bridgehead atoms. The van der Waals surface area contributed by atoms with E-state index in [1.54, 1.807) is 10.7 Å². The minimum atomic E-state index is -1.02. The maximum atomic E-state index is 11.1. The first-order chi connectivity index (χ1) is 10.2. The van der Waals surface area contributed by atoms with Crippen molar-refractivity contribution in [1.29, 1.82) is 0 Å². The third-order valence-electron chi connectivity index (χ3n) is 3.76. The first-order valence-electron chi connectivity index (χ1n) is 6.68. The first kappa shape index (κ1) is 12.1. The number of hydrogen-bond acceptors (Lipinski definition) is 5. The Kier molecular flexibility index (Phi) is 2.53. The molecule has 2 N–H and O–H groups in total. The van der Waals surface area contributed by atoms with Gasteiger partial charge in [-0.1, -0.05) is 6.07 Å². The highest BCUT2D eigenvalue weighted by Gasteiger charge is 2.26. The van der Waals surface area contributed by atoms with Gasteiger partial charge in [0, 0.05) is 12.6 Å². The largest absolute Gasteiger partial charge is 0.476 e. The Bertz CT molecular complexity index is 725. The highest BCUT2D eigenvalue weighted by Crippen LogP contribution is 2.37. The average Bonchev–Trinajstić information content (AvgIpc) is 3.12. The van der Waals surface area contributed by atoms with Gasteiger partial charge < -0.3 is 19.9 Å². The minimum Gasteiger partial charge on any atom is -0.476 e. The maximum Gasteiger partial charge on any atom is 0.356 e. The van der Waals surface area contributed by atoms with E-state index in [1.165, 1.54) is 0 Å². The van der Waals surface area contributed by atoms with E-state index >= 15 is 0 Å². The van der Waals surface area contributed by atoms with Crippen molar-refractivity contribution in [2.24, 2.45) is 0 Å². The molecule has 3 heterocycles. The summed E-state index contributed by atoms with van der Waals surface area (Å²) in [7, 11) is 0. The number of carboxylic acids is 1. The number of carboxylic acid groups (broad SMARTS) is 1. The number of hydrogen-bond donors (Lipinski definition) is 2. The molecule has 21 heavy (non-hydrogen) atoms. The number of aromatic carboxylic acids is 1. The average molecular weight is 287 g/mol. The van der Waals surface area contributed by atoms with Crippen molar-refractivity contribution in [2.75, 3.05) is 18.7 Å². The van der Waals surface area contributed by atoms with E-state index in [0.29, 0.717) is 0 Å². The molecule has 0 aliphatic carbocycles. The van der Waals surface area contributed by atoms with Crippen molar-refractivity contribution in [2.45, 2.75) is 12.5 Å². The van der Waals surface area contributed by atoms with Gasteiger partial charge in [0.05, 0.1) is 6.04 Å². The standard InChI is InChI=1S/C14H13N3O4/c18-14(19)9-6-13-15-4-3-10(17(13)16-9)8-1-2-11-12(5-8)21-7-20-11/h1-2,5-6,10,15H,3-4,7H2,(H,18,19). The van der Waals surface area contributed by atoms with Crippen LogP contribution in [0.3, 0.4) is 0 Å². The lowest BCUT2D eigenvalue weighted by molar-refractivity contribution is 0.0689. The topological polar surface area (TPSA) is 85.6 Å². The van der Waals surface area contributed by atoms with E-state index in [1.807, 2.05) is 18.2 Å². The number of fused-ring (bicyclic) bond motifs is 2. The predicted octanol–water partition coefficient (Wildman–Crippen LogP) is 1.71. The zero-order chi connectivity index (χ0) is 14.4. The second-order valence-electron chi connectivity index (χ2n) is 5.01. The van der Waals surface area contributed by atoms with E-state index in [-0.39, 0.29) is 18.5 Å². The molecule has 1 unspecified atom stereocenters. The SMILES string of the molecule is O=C(O)c1cc2n(n1)C(c1ccc3c(c1)OCO3)CCN2. The van der Waals surface area contributed by atoms with Gasteiger partial charge in [-0.25, -0.2) is 9.48 Å². The number of carbonyl (C=O) groups is 1. The van der Waals surface area contributed by atoms with E-state index < -0.39 is 5.97 Å². The summed E-state index contributed by atoms with van der Waals surface area (Å²) in [6, 6.07) is 7.33. The van der Waals surface area contributed by atoms with Gasteiger partial charge in [0.1, 0.15) is 5.82 Å². The number of aromatic nitrogens is 2. The number of ether oxygens (including phenoxy) is 2. The summed E-state index contributed by atoms with van der Waals surface area (Å²) in [4.78, 5) is 11.1. The molecule has 108 valence electrons. The van der Waals surface area contributed by atoms with Crippen molar-refractivity contribution < 1.29 is 19.4 Å². The van der Waals surface area contributed by atoms with E-state index in [9.17, 15) is 4.79 Å². The molecule has 2 aliphatic heterocycles. The summed E-state index contributed by atoms with van der Waals surface area (Å²) < 4.78 is 12.4.